The Labute approximate surface area is 144 Å². The predicted molar refractivity (Wildman–Crippen MR) is 95.7 cm³/mol. The summed E-state index contributed by atoms with van der Waals surface area (Å²) in [5, 5.41) is 5.69. The largest absolute Gasteiger partial charge is 0.345 e. The lowest BCUT2D eigenvalue weighted by molar-refractivity contribution is -0.136. The van der Waals surface area contributed by atoms with Crippen LogP contribution in [-0.4, -0.2) is 17.9 Å². The van der Waals surface area contributed by atoms with Crippen LogP contribution in [0.25, 0.3) is 0 Å². The van der Waals surface area contributed by atoms with Crippen LogP contribution in [0.15, 0.2) is 24.3 Å². The van der Waals surface area contributed by atoms with E-state index in [0.29, 0.717) is 5.92 Å². The summed E-state index contributed by atoms with van der Waals surface area (Å²) in [5.41, 5.74) is 1.76. The Morgan fingerprint density at radius 3 is 2.42 bits per heavy atom. The van der Waals surface area contributed by atoms with Crippen LogP contribution in [0.1, 0.15) is 57.9 Å². The second kappa shape index (κ2) is 6.96. The van der Waals surface area contributed by atoms with Gasteiger partial charge in [-0.3, -0.25) is 9.59 Å². The number of fused-ring (bicyclic) bond motifs is 2. The second-order valence-corrected chi connectivity index (χ2v) is 7.80. The molecule has 0 radical (unpaired) electrons. The Hall–Kier alpha value is -1.84. The Balaban J connectivity index is 1.58. The Morgan fingerprint density at radius 1 is 1.04 bits per heavy atom. The van der Waals surface area contributed by atoms with Crippen molar-refractivity contribution in [2.45, 2.75) is 58.4 Å². The van der Waals surface area contributed by atoms with Crippen molar-refractivity contribution >= 4 is 17.5 Å². The van der Waals surface area contributed by atoms with E-state index in [1.165, 1.54) is 25.7 Å². The summed E-state index contributed by atoms with van der Waals surface area (Å²) in [4.78, 5) is 24.6. The molecule has 2 aliphatic rings. The fourth-order valence-electron chi connectivity index (χ4n) is 4.58. The highest BCUT2D eigenvalue weighted by atomic mass is 16.2. The van der Waals surface area contributed by atoms with Gasteiger partial charge in [-0.05, 0) is 61.5 Å². The maximum atomic E-state index is 12.3. The van der Waals surface area contributed by atoms with E-state index in [1.807, 2.05) is 31.2 Å². The molecule has 4 heteroatoms. The van der Waals surface area contributed by atoms with Gasteiger partial charge in [0.05, 0.1) is 0 Å². The molecule has 1 aromatic rings. The number of benzene rings is 1. The normalized spacial score (nSPS) is 26.4. The number of nitrogens with one attached hydrogen (secondary N) is 2. The van der Waals surface area contributed by atoms with Gasteiger partial charge in [-0.15, -0.1) is 0 Å². The van der Waals surface area contributed by atoms with E-state index in [2.05, 4.69) is 24.5 Å². The molecule has 2 bridgehead atoms. The van der Waals surface area contributed by atoms with E-state index in [9.17, 15) is 9.59 Å². The lowest BCUT2D eigenvalue weighted by Gasteiger charge is -2.28. The smallest absolute Gasteiger partial charge is 0.313 e. The van der Waals surface area contributed by atoms with Gasteiger partial charge >= 0.3 is 11.8 Å². The third kappa shape index (κ3) is 3.47. The van der Waals surface area contributed by atoms with E-state index < -0.39 is 11.8 Å². The van der Waals surface area contributed by atoms with Crippen LogP contribution in [-0.2, 0) is 9.59 Å². The molecule has 3 rings (SSSR count). The Morgan fingerprint density at radius 2 is 1.79 bits per heavy atom. The molecule has 24 heavy (non-hydrogen) atoms. The third-order valence-electron chi connectivity index (χ3n) is 5.83. The van der Waals surface area contributed by atoms with Gasteiger partial charge in [-0.2, -0.15) is 0 Å². The lowest BCUT2D eigenvalue weighted by Crippen LogP contribution is -2.45. The van der Waals surface area contributed by atoms with Crippen molar-refractivity contribution in [1.82, 2.24) is 5.32 Å². The molecular formula is C20H28N2O2. The average Bonchev–Trinajstić information content (AvgIpc) is 3.18. The molecule has 4 atom stereocenters. The number of hydrogen-bond acceptors (Lipinski definition) is 2. The molecule has 4 nitrogen and oxygen atoms in total. The Bertz CT molecular complexity index is 626. The van der Waals surface area contributed by atoms with Gasteiger partial charge in [0.15, 0.2) is 0 Å². The minimum absolute atomic E-state index is 0.0684. The molecule has 0 heterocycles. The predicted octanol–water partition coefficient (Wildman–Crippen LogP) is 3.69. The van der Waals surface area contributed by atoms with Crippen LogP contribution >= 0.6 is 0 Å². The van der Waals surface area contributed by atoms with Crippen molar-refractivity contribution in [3.63, 3.8) is 0 Å². The summed E-state index contributed by atoms with van der Waals surface area (Å²) in [6.45, 7) is 6.18. The molecule has 2 fully saturated rings. The molecular weight excluding hydrogens is 300 g/mol. The Kier molecular flexibility index (Phi) is 4.93. The highest BCUT2D eigenvalue weighted by molar-refractivity contribution is 6.39. The SMILES string of the molecule is CC(C)c1ccccc1NC(=O)C(=O)NC(C)C1CC2CCC1C2. The minimum Gasteiger partial charge on any atom is -0.345 e. The number of anilines is 1. The first-order valence-electron chi connectivity index (χ1n) is 9.16. The van der Waals surface area contributed by atoms with Gasteiger partial charge < -0.3 is 10.6 Å². The van der Waals surface area contributed by atoms with Crippen LogP contribution in [0.4, 0.5) is 5.69 Å². The maximum Gasteiger partial charge on any atom is 0.313 e. The van der Waals surface area contributed by atoms with E-state index in [-0.39, 0.29) is 12.0 Å². The van der Waals surface area contributed by atoms with Crippen molar-refractivity contribution in [1.29, 1.82) is 0 Å². The summed E-state index contributed by atoms with van der Waals surface area (Å²) in [5.74, 6) is 1.30. The zero-order valence-electron chi connectivity index (χ0n) is 14.8. The molecule has 0 spiro atoms. The van der Waals surface area contributed by atoms with Gasteiger partial charge in [0.25, 0.3) is 0 Å². The average molecular weight is 328 g/mol. The summed E-state index contributed by atoms with van der Waals surface area (Å²) in [6, 6.07) is 7.72. The van der Waals surface area contributed by atoms with Gasteiger partial charge in [-0.1, -0.05) is 38.5 Å². The van der Waals surface area contributed by atoms with Crippen molar-refractivity contribution in [3.05, 3.63) is 29.8 Å². The molecule has 0 saturated heterocycles. The first-order valence-corrected chi connectivity index (χ1v) is 9.16. The number of rotatable bonds is 4. The van der Waals surface area contributed by atoms with Crippen molar-refractivity contribution in [3.8, 4) is 0 Å². The summed E-state index contributed by atoms with van der Waals surface area (Å²) >= 11 is 0. The maximum absolute atomic E-state index is 12.3. The number of carbonyl (C=O) groups excluding carboxylic acids is 2. The fraction of sp³-hybridized carbons (Fsp3) is 0.600. The van der Waals surface area contributed by atoms with Gasteiger partial charge in [0.1, 0.15) is 0 Å². The summed E-state index contributed by atoms with van der Waals surface area (Å²) in [7, 11) is 0. The van der Waals surface area contributed by atoms with E-state index in [4.69, 9.17) is 0 Å². The zero-order valence-corrected chi connectivity index (χ0v) is 14.8. The highest BCUT2D eigenvalue weighted by Gasteiger charge is 2.42. The van der Waals surface area contributed by atoms with Crippen LogP contribution in [0.5, 0.6) is 0 Å². The van der Waals surface area contributed by atoms with Crippen LogP contribution in [0.3, 0.4) is 0 Å². The molecule has 4 unspecified atom stereocenters. The first kappa shape index (κ1) is 17.0. The summed E-state index contributed by atoms with van der Waals surface area (Å²) < 4.78 is 0. The number of para-hydroxylation sites is 1. The van der Waals surface area contributed by atoms with Crippen molar-refractivity contribution in [2.75, 3.05) is 5.32 Å². The van der Waals surface area contributed by atoms with E-state index in [0.717, 1.165) is 23.1 Å². The molecule has 2 N–H and O–H groups in total. The molecule has 1 aromatic carbocycles. The zero-order chi connectivity index (χ0) is 17.3. The summed E-state index contributed by atoms with van der Waals surface area (Å²) in [6.07, 6.45) is 5.13. The first-order chi connectivity index (χ1) is 11.5. The van der Waals surface area contributed by atoms with E-state index >= 15 is 0 Å². The molecule has 130 valence electrons. The van der Waals surface area contributed by atoms with Crippen LogP contribution in [0.2, 0.25) is 0 Å². The van der Waals surface area contributed by atoms with E-state index in [1.54, 1.807) is 0 Å². The standard InChI is InChI=1S/C20H28N2O2/c1-12(2)16-6-4-5-7-18(16)22-20(24)19(23)21-13(3)17-11-14-8-9-15(17)10-14/h4-7,12-15,17H,8-11H2,1-3H3,(H,21,23)(H,22,24). The quantitative estimate of drug-likeness (QED) is 0.828. The monoisotopic (exact) mass is 328 g/mol. The van der Waals surface area contributed by atoms with Crippen molar-refractivity contribution in [2.24, 2.45) is 17.8 Å². The van der Waals surface area contributed by atoms with Crippen LogP contribution < -0.4 is 10.6 Å². The topological polar surface area (TPSA) is 58.2 Å². The molecule has 0 aromatic heterocycles. The number of amides is 2. The molecule has 2 amide bonds. The van der Waals surface area contributed by atoms with Crippen LogP contribution in [0, 0.1) is 17.8 Å². The highest BCUT2D eigenvalue weighted by Crippen LogP contribution is 2.49. The van der Waals surface area contributed by atoms with Gasteiger partial charge in [0.2, 0.25) is 0 Å². The van der Waals surface area contributed by atoms with Crippen molar-refractivity contribution < 1.29 is 9.59 Å². The van der Waals surface area contributed by atoms with Gasteiger partial charge in [-0.25, -0.2) is 0 Å². The number of carbonyl (C=O) groups is 2. The fourth-order valence-corrected chi connectivity index (χ4v) is 4.58. The molecule has 2 aliphatic carbocycles. The third-order valence-corrected chi connectivity index (χ3v) is 5.83. The second-order valence-electron chi connectivity index (χ2n) is 7.80. The number of hydrogen-bond donors (Lipinski definition) is 2. The molecule has 0 aliphatic heterocycles. The molecule has 2 saturated carbocycles. The lowest BCUT2D eigenvalue weighted by atomic mass is 9.84. The minimum atomic E-state index is -0.571. The van der Waals surface area contributed by atoms with Gasteiger partial charge in [0, 0.05) is 11.7 Å².